The zero-order valence-electron chi connectivity index (χ0n) is 13.2. The van der Waals surface area contributed by atoms with E-state index < -0.39 is 0 Å². The molecule has 0 unspecified atom stereocenters. The predicted octanol–water partition coefficient (Wildman–Crippen LogP) is 4.62. The van der Waals surface area contributed by atoms with E-state index in [4.69, 9.17) is 0 Å². The molecule has 0 radical (unpaired) electrons. The molecule has 0 aliphatic heterocycles. The summed E-state index contributed by atoms with van der Waals surface area (Å²) < 4.78 is 0. The third-order valence-electron chi connectivity index (χ3n) is 3.60. The number of hydrogen-bond donors (Lipinski definition) is 0. The lowest BCUT2D eigenvalue weighted by Crippen LogP contribution is -2.30. The van der Waals surface area contributed by atoms with Gasteiger partial charge in [0.25, 0.3) is 0 Å². The molecule has 1 heteroatoms. The molecule has 19 heavy (non-hydrogen) atoms. The Kier molecular flexibility index (Phi) is 7.81. The lowest BCUT2D eigenvalue weighted by atomic mass is 10.1. The van der Waals surface area contributed by atoms with Crippen LogP contribution in [0.25, 0.3) is 0 Å². The molecule has 108 valence electrons. The summed E-state index contributed by atoms with van der Waals surface area (Å²) in [6.07, 6.45) is 3.80. The second kappa shape index (κ2) is 9.14. The second-order valence-corrected chi connectivity index (χ2v) is 6.44. The summed E-state index contributed by atoms with van der Waals surface area (Å²) in [7, 11) is 0. The summed E-state index contributed by atoms with van der Waals surface area (Å²) in [4.78, 5) is 2.65. The molecule has 0 N–H and O–H groups in total. The maximum Gasteiger partial charge on any atom is 0.00218 e. The van der Waals surface area contributed by atoms with E-state index in [0.717, 1.165) is 11.8 Å². The Hall–Kier alpha value is -0.820. The molecule has 0 bridgehead atoms. The lowest BCUT2D eigenvalue weighted by molar-refractivity contribution is 0.246. The van der Waals surface area contributed by atoms with Crippen molar-refractivity contribution in [2.75, 3.05) is 19.6 Å². The first-order chi connectivity index (χ1) is 9.08. The SMILES string of the molecule is CC(C)CCN(CCc1ccccc1)CCC(C)C. The fraction of sp³-hybridized carbons (Fsp3) is 0.667. The summed E-state index contributed by atoms with van der Waals surface area (Å²) in [5, 5.41) is 0. The average Bonchev–Trinajstić information content (AvgIpc) is 2.38. The van der Waals surface area contributed by atoms with Crippen molar-refractivity contribution in [2.24, 2.45) is 11.8 Å². The highest BCUT2D eigenvalue weighted by atomic mass is 15.1. The molecule has 0 saturated heterocycles. The van der Waals surface area contributed by atoms with Gasteiger partial charge in [0.2, 0.25) is 0 Å². The fourth-order valence-corrected chi connectivity index (χ4v) is 2.15. The van der Waals surface area contributed by atoms with Gasteiger partial charge >= 0.3 is 0 Å². The summed E-state index contributed by atoms with van der Waals surface area (Å²) in [6, 6.07) is 10.9. The zero-order chi connectivity index (χ0) is 14.1. The Morgan fingerprint density at radius 3 is 1.79 bits per heavy atom. The minimum atomic E-state index is 0.804. The van der Waals surface area contributed by atoms with Gasteiger partial charge in [-0.1, -0.05) is 58.0 Å². The minimum Gasteiger partial charge on any atom is -0.303 e. The Labute approximate surface area is 120 Å². The van der Waals surface area contributed by atoms with Crippen LogP contribution in [0.3, 0.4) is 0 Å². The highest BCUT2D eigenvalue weighted by molar-refractivity contribution is 5.14. The van der Waals surface area contributed by atoms with Gasteiger partial charge in [-0.05, 0) is 49.8 Å². The van der Waals surface area contributed by atoms with Crippen molar-refractivity contribution in [1.82, 2.24) is 4.90 Å². The van der Waals surface area contributed by atoms with Gasteiger partial charge in [0.15, 0.2) is 0 Å². The van der Waals surface area contributed by atoms with Crippen LogP contribution in [-0.2, 0) is 6.42 Å². The standard InChI is InChI=1S/C18H31N/c1-16(2)10-13-19(14-11-17(3)4)15-12-18-8-6-5-7-9-18/h5-9,16-17H,10-15H2,1-4H3. The average molecular weight is 261 g/mol. The molecule has 1 aromatic carbocycles. The molecule has 0 atom stereocenters. The summed E-state index contributed by atoms with van der Waals surface area (Å²) in [5.74, 6) is 1.61. The third kappa shape index (κ3) is 8.05. The number of rotatable bonds is 9. The Morgan fingerprint density at radius 1 is 0.789 bits per heavy atom. The molecule has 1 rings (SSSR count). The molecule has 0 aliphatic rings. The molecule has 0 aromatic heterocycles. The first-order valence-electron chi connectivity index (χ1n) is 7.84. The van der Waals surface area contributed by atoms with Crippen LogP contribution in [0.15, 0.2) is 30.3 Å². The van der Waals surface area contributed by atoms with Crippen LogP contribution in [-0.4, -0.2) is 24.5 Å². The third-order valence-corrected chi connectivity index (χ3v) is 3.60. The number of nitrogens with zero attached hydrogens (tertiary/aromatic N) is 1. The maximum atomic E-state index is 2.65. The molecule has 1 aromatic rings. The van der Waals surface area contributed by atoms with Crippen LogP contribution >= 0.6 is 0 Å². The van der Waals surface area contributed by atoms with Gasteiger partial charge in [-0.15, -0.1) is 0 Å². The molecule has 0 spiro atoms. The minimum absolute atomic E-state index is 0.804. The Bertz CT molecular complexity index is 304. The summed E-state index contributed by atoms with van der Waals surface area (Å²) >= 11 is 0. The normalized spacial score (nSPS) is 11.7. The van der Waals surface area contributed by atoms with Crippen LogP contribution in [0.1, 0.15) is 46.1 Å². The van der Waals surface area contributed by atoms with Gasteiger partial charge in [-0.2, -0.15) is 0 Å². The van der Waals surface area contributed by atoms with E-state index in [2.05, 4.69) is 62.9 Å². The number of hydrogen-bond acceptors (Lipinski definition) is 1. The topological polar surface area (TPSA) is 3.24 Å². The van der Waals surface area contributed by atoms with Gasteiger partial charge < -0.3 is 4.90 Å². The highest BCUT2D eigenvalue weighted by Crippen LogP contribution is 2.08. The van der Waals surface area contributed by atoms with E-state index in [9.17, 15) is 0 Å². The Balaban J connectivity index is 2.38. The Morgan fingerprint density at radius 2 is 1.32 bits per heavy atom. The van der Waals surface area contributed by atoms with Gasteiger partial charge in [-0.25, -0.2) is 0 Å². The largest absolute Gasteiger partial charge is 0.303 e. The van der Waals surface area contributed by atoms with Crippen LogP contribution in [0.2, 0.25) is 0 Å². The summed E-state index contributed by atoms with van der Waals surface area (Å²) in [6.45, 7) is 13.0. The van der Waals surface area contributed by atoms with Crippen molar-refractivity contribution in [1.29, 1.82) is 0 Å². The molecule has 1 nitrogen and oxygen atoms in total. The molecular formula is C18H31N. The lowest BCUT2D eigenvalue weighted by Gasteiger charge is -2.24. The molecule has 0 fully saturated rings. The van der Waals surface area contributed by atoms with E-state index in [0.29, 0.717) is 0 Å². The van der Waals surface area contributed by atoms with Gasteiger partial charge in [0.05, 0.1) is 0 Å². The maximum absolute atomic E-state index is 2.65. The molecular weight excluding hydrogens is 230 g/mol. The molecule has 0 amide bonds. The van der Waals surface area contributed by atoms with Crippen molar-refractivity contribution in [3.8, 4) is 0 Å². The first kappa shape index (κ1) is 16.2. The van der Waals surface area contributed by atoms with Gasteiger partial charge in [0, 0.05) is 6.54 Å². The van der Waals surface area contributed by atoms with Crippen molar-refractivity contribution in [3.63, 3.8) is 0 Å². The van der Waals surface area contributed by atoms with Crippen molar-refractivity contribution in [3.05, 3.63) is 35.9 Å². The van der Waals surface area contributed by atoms with E-state index in [1.54, 1.807) is 0 Å². The van der Waals surface area contributed by atoms with Gasteiger partial charge in [-0.3, -0.25) is 0 Å². The van der Waals surface area contributed by atoms with Crippen molar-refractivity contribution >= 4 is 0 Å². The highest BCUT2D eigenvalue weighted by Gasteiger charge is 2.07. The zero-order valence-corrected chi connectivity index (χ0v) is 13.2. The first-order valence-corrected chi connectivity index (χ1v) is 7.84. The fourth-order valence-electron chi connectivity index (χ4n) is 2.15. The molecule has 0 heterocycles. The summed E-state index contributed by atoms with van der Waals surface area (Å²) in [5.41, 5.74) is 1.46. The smallest absolute Gasteiger partial charge is 0.00218 e. The van der Waals surface area contributed by atoms with Crippen molar-refractivity contribution in [2.45, 2.75) is 47.0 Å². The van der Waals surface area contributed by atoms with Crippen LogP contribution < -0.4 is 0 Å². The second-order valence-electron chi connectivity index (χ2n) is 6.44. The quantitative estimate of drug-likeness (QED) is 0.627. The monoisotopic (exact) mass is 261 g/mol. The predicted molar refractivity (Wildman–Crippen MR) is 85.5 cm³/mol. The van der Waals surface area contributed by atoms with Crippen LogP contribution in [0.5, 0.6) is 0 Å². The van der Waals surface area contributed by atoms with Crippen LogP contribution in [0.4, 0.5) is 0 Å². The number of benzene rings is 1. The van der Waals surface area contributed by atoms with E-state index in [1.807, 2.05) is 0 Å². The van der Waals surface area contributed by atoms with E-state index in [1.165, 1.54) is 44.5 Å². The van der Waals surface area contributed by atoms with Gasteiger partial charge in [0.1, 0.15) is 0 Å². The molecule has 0 aliphatic carbocycles. The van der Waals surface area contributed by atoms with E-state index >= 15 is 0 Å². The van der Waals surface area contributed by atoms with E-state index in [-0.39, 0.29) is 0 Å². The molecule has 0 saturated carbocycles. The van der Waals surface area contributed by atoms with Crippen LogP contribution in [0, 0.1) is 11.8 Å². The van der Waals surface area contributed by atoms with Crippen molar-refractivity contribution < 1.29 is 0 Å².